The molecular formula is C10H13ClN4O. The average molecular weight is 241 g/mol. The van der Waals surface area contributed by atoms with Gasteiger partial charge in [0, 0.05) is 11.6 Å². The smallest absolute Gasteiger partial charge is 0.330 e. The van der Waals surface area contributed by atoms with E-state index in [4.69, 9.17) is 17.4 Å². The number of carbonyl (C=O) groups excluding carboxylic acids is 1. The summed E-state index contributed by atoms with van der Waals surface area (Å²) < 4.78 is 0. The number of nitrogens with zero attached hydrogens (tertiary/aromatic N) is 1. The fourth-order valence-electron chi connectivity index (χ4n) is 1.73. The Bertz CT molecular complexity index is 381. The molecule has 0 radical (unpaired) electrons. The SMILES string of the molecule is NNN1CC[C@H](c2ccc(Cl)cc2)NC1=O. The molecule has 0 aliphatic carbocycles. The highest BCUT2D eigenvalue weighted by Crippen LogP contribution is 2.22. The maximum atomic E-state index is 11.5. The zero-order valence-electron chi connectivity index (χ0n) is 8.61. The van der Waals surface area contributed by atoms with E-state index in [-0.39, 0.29) is 12.1 Å². The zero-order valence-corrected chi connectivity index (χ0v) is 9.37. The van der Waals surface area contributed by atoms with Gasteiger partial charge in [0.1, 0.15) is 0 Å². The topological polar surface area (TPSA) is 70.4 Å². The fraction of sp³-hybridized carbons (Fsp3) is 0.300. The predicted molar refractivity (Wildman–Crippen MR) is 61.4 cm³/mol. The van der Waals surface area contributed by atoms with Crippen molar-refractivity contribution in [3.63, 3.8) is 0 Å². The van der Waals surface area contributed by atoms with E-state index in [9.17, 15) is 4.79 Å². The highest BCUT2D eigenvalue weighted by molar-refractivity contribution is 6.30. The summed E-state index contributed by atoms with van der Waals surface area (Å²) in [6, 6.07) is 7.27. The number of urea groups is 1. The summed E-state index contributed by atoms with van der Waals surface area (Å²) in [5, 5.41) is 4.89. The second-order valence-electron chi connectivity index (χ2n) is 3.62. The summed E-state index contributed by atoms with van der Waals surface area (Å²) in [6.45, 7) is 0.579. The monoisotopic (exact) mass is 240 g/mol. The van der Waals surface area contributed by atoms with Crippen molar-refractivity contribution < 1.29 is 4.79 Å². The van der Waals surface area contributed by atoms with Gasteiger partial charge in [0.2, 0.25) is 0 Å². The minimum Gasteiger partial charge on any atom is -0.330 e. The number of rotatable bonds is 2. The van der Waals surface area contributed by atoms with Crippen molar-refractivity contribution in [3.8, 4) is 0 Å². The molecule has 1 heterocycles. The van der Waals surface area contributed by atoms with Crippen LogP contribution in [0.2, 0.25) is 5.02 Å². The van der Waals surface area contributed by atoms with Crippen LogP contribution in [-0.4, -0.2) is 17.6 Å². The Labute approximate surface area is 98.5 Å². The van der Waals surface area contributed by atoms with Crippen molar-refractivity contribution in [1.82, 2.24) is 15.9 Å². The lowest BCUT2D eigenvalue weighted by Gasteiger charge is -2.31. The summed E-state index contributed by atoms with van der Waals surface area (Å²) in [7, 11) is 0. The molecule has 1 fully saturated rings. The van der Waals surface area contributed by atoms with Crippen molar-refractivity contribution in [2.45, 2.75) is 12.5 Å². The van der Waals surface area contributed by atoms with Crippen molar-refractivity contribution in [3.05, 3.63) is 34.9 Å². The highest BCUT2D eigenvalue weighted by atomic mass is 35.5. The van der Waals surface area contributed by atoms with Crippen molar-refractivity contribution >= 4 is 17.6 Å². The molecule has 0 unspecified atom stereocenters. The Kier molecular flexibility index (Phi) is 3.28. The standard InChI is InChI=1S/C10H13ClN4O/c11-8-3-1-7(2-4-8)9-5-6-15(14-12)10(16)13-9/h1-4,9,14H,5-6,12H2,(H,13,16)/t9-/m1/s1. The van der Waals surface area contributed by atoms with Gasteiger partial charge in [0.25, 0.3) is 0 Å². The van der Waals surface area contributed by atoms with Crippen LogP contribution in [0.4, 0.5) is 4.79 Å². The number of carbonyl (C=O) groups is 1. The molecule has 1 aromatic carbocycles. The Hall–Kier alpha value is -1.30. The van der Waals surface area contributed by atoms with E-state index >= 15 is 0 Å². The number of halogens is 1. The van der Waals surface area contributed by atoms with E-state index in [1.165, 1.54) is 5.01 Å². The number of hydrazine groups is 2. The van der Waals surface area contributed by atoms with Gasteiger partial charge in [-0.25, -0.2) is 9.80 Å². The molecule has 1 saturated heterocycles. The maximum absolute atomic E-state index is 11.5. The van der Waals surface area contributed by atoms with Gasteiger partial charge in [0.05, 0.1) is 6.04 Å². The average Bonchev–Trinajstić information content (AvgIpc) is 2.30. The normalized spacial score (nSPS) is 20.8. The molecule has 0 saturated carbocycles. The van der Waals surface area contributed by atoms with Gasteiger partial charge in [-0.3, -0.25) is 5.84 Å². The molecule has 16 heavy (non-hydrogen) atoms. The van der Waals surface area contributed by atoms with Gasteiger partial charge in [0.15, 0.2) is 0 Å². The van der Waals surface area contributed by atoms with Crippen LogP contribution in [-0.2, 0) is 0 Å². The molecule has 6 heteroatoms. The van der Waals surface area contributed by atoms with Gasteiger partial charge in [-0.15, -0.1) is 0 Å². The second-order valence-corrected chi connectivity index (χ2v) is 4.06. The molecule has 1 atom stereocenters. The van der Waals surface area contributed by atoms with Gasteiger partial charge >= 0.3 is 6.03 Å². The van der Waals surface area contributed by atoms with E-state index < -0.39 is 0 Å². The van der Waals surface area contributed by atoms with Gasteiger partial charge in [-0.1, -0.05) is 23.7 Å². The molecule has 86 valence electrons. The summed E-state index contributed by atoms with van der Waals surface area (Å²) in [5.41, 5.74) is 3.39. The van der Waals surface area contributed by atoms with Crippen molar-refractivity contribution in [2.24, 2.45) is 5.84 Å². The number of nitrogens with one attached hydrogen (secondary N) is 2. The van der Waals surface area contributed by atoms with Crippen molar-refractivity contribution in [2.75, 3.05) is 6.54 Å². The van der Waals surface area contributed by atoms with E-state index in [0.29, 0.717) is 11.6 Å². The number of hydrogen-bond acceptors (Lipinski definition) is 3. The minimum atomic E-state index is -0.214. The molecule has 1 aliphatic heterocycles. The fourth-order valence-corrected chi connectivity index (χ4v) is 1.85. The predicted octanol–water partition coefficient (Wildman–Crippen LogP) is 1.17. The Balaban J connectivity index is 2.07. The third-order valence-corrected chi connectivity index (χ3v) is 2.86. The second kappa shape index (κ2) is 4.69. The highest BCUT2D eigenvalue weighted by Gasteiger charge is 2.24. The third kappa shape index (κ3) is 2.27. The lowest BCUT2D eigenvalue weighted by molar-refractivity contribution is 0.145. The Morgan fingerprint density at radius 2 is 2.12 bits per heavy atom. The quantitative estimate of drug-likeness (QED) is 0.537. The van der Waals surface area contributed by atoms with E-state index in [2.05, 4.69) is 10.9 Å². The minimum absolute atomic E-state index is 0.0226. The van der Waals surface area contributed by atoms with Gasteiger partial charge in [-0.2, -0.15) is 5.53 Å². The van der Waals surface area contributed by atoms with Crippen LogP contribution in [0.3, 0.4) is 0 Å². The molecular weight excluding hydrogens is 228 g/mol. The van der Waals surface area contributed by atoms with Crippen LogP contribution in [0.15, 0.2) is 24.3 Å². The largest absolute Gasteiger partial charge is 0.333 e. The summed E-state index contributed by atoms with van der Waals surface area (Å²) in [6.07, 6.45) is 0.803. The molecule has 2 amide bonds. The molecule has 0 spiro atoms. The summed E-state index contributed by atoms with van der Waals surface area (Å²) in [5.74, 6) is 5.20. The molecule has 2 rings (SSSR count). The summed E-state index contributed by atoms with van der Waals surface area (Å²) in [4.78, 5) is 11.5. The first-order chi connectivity index (χ1) is 7.70. The summed E-state index contributed by atoms with van der Waals surface area (Å²) >= 11 is 5.80. The van der Waals surface area contributed by atoms with Crippen LogP contribution < -0.4 is 16.7 Å². The van der Waals surface area contributed by atoms with E-state index in [1.54, 1.807) is 0 Å². The zero-order chi connectivity index (χ0) is 11.5. The lowest BCUT2D eigenvalue weighted by atomic mass is 10.0. The maximum Gasteiger partial charge on any atom is 0.333 e. The molecule has 4 N–H and O–H groups in total. The van der Waals surface area contributed by atoms with Crippen LogP contribution in [0.25, 0.3) is 0 Å². The third-order valence-electron chi connectivity index (χ3n) is 2.61. The lowest BCUT2D eigenvalue weighted by Crippen LogP contribution is -2.56. The van der Waals surface area contributed by atoms with Gasteiger partial charge < -0.3 is 5.32 Å². The Morgan fingerprint density at radius 3 is 2.69 bits per heavy atom. The number of nitrogens with two attached hydrogens (primary N) is 1. The van der Waals surface area contributed by atoms with Crippen LogP contribution in [0.5, 0.6) is 0 Å². The molecule has 1 aromatic rings. The number of benzene rings is 1. The molecule has 0 bridgehead atoms. The first-order valence-electron chi connectivity index (χ1n) is 5.00. The molecule has 1 aliphatic rings. The first-order valence-corrected chi connectivity index (χ1v) is 5.38. The molecule has 0 aromatic heterocycles. The van der Waals surface area contributed by atoms with Crippen LogP contribution in [0.1, 0.15) is 18.0 Å². The Morgan fingerprint density at radius 1 is 1.44 bits per heavy atom. The number of amides is 2. The van der Waals surface area contributed by atoms with Crippen LogP contribution in [0, 0.1) is 0 Å². The van der Waals surface area contributed by atoms with E-state index in [1.807, 2.05) is 24.3 Å². The van der Waals surface area contributed by atoms with Gasteiger partial charge in [-0.05, 0) is 24.1 Å². The van der Waals surface area contributed by atoms with E-state index in [0.717, 1.165) is 12.0 Å². The number of hydrogen-bond donors (Lipinski definition) is 3. The molecule has 5 nitrogen and oxygen atoms in total. The first kappa shape index (κ1) is 11.2. The van der Waals surface area contributed by atoms with Crippen LogP contribution >= 0.6 is 11.6 Å². The van der Waals surface area contributed by atoms with Crippen molar-refractivity contribution in [1.29, 1.82) is 0 Å².